The highest BCUT2D eigenvalue weighted by Crippen LogP contribution is 2.27. The second-order valence-corrected chi connectivity index (χ2v) is 4.88. The van der Waals surface area contributed by atoms with E-state index in [4.69, 9.17) is 0 Å². The Morgan fingerprint density at radius 2 is 1.72 bits per heavy atom. The van der Waals surface area contributed by atoms with E-state index in [1.807, 2.05) is 0 Å². The second-order valence-electron chi connectivity index (χ2n) is 4.32. The van der Waals surface area contributed by atoms with E-state index in [-0.39, 0.29) is 0 Å². The lowest BCUT2D eigenvalue weighted by Gasteiger charge is -2.24. The molecule has 0 aliphatic carbocycles. The molecule has 0 spiro atoms. The van der Waals surface area contributed by atoms with Crippen molar-refractivity contribution in [2.45, 2.75) is 19.2 Å². The Bertz CT molecular complexity index is 508. The average Bonchev–Trinajstić information content (AvgIpc) is 2.41. The molecule has 0 aromatic heterocycles. The average molecular weight is 304 g/mol. The first kappa shape index (κ1) is 13.2. The SMILES string of the molecule is CCN(c1ccccc1)c1ccc(CBr)c(C)c1. The standard InChI is InChI=1S/C16H18BrN/c1-3-18(15-7-5-4-6-8-15)16-10-9-14(12-17)13(2)11-16/h4-11H,3,12H2,1-2H3. The molecule has 0 fully saturated rings. The molecular weight excluding hydrogens is 286 g/mol. The molecule has 0 aliphatic heterocycles. The van der Waals surface area contributed by atoms with Crippen molar-refractivity contribution in [3.05, 3.63) is 59.7 Å². The van der Waals surface area contributed by atoms with E-state index in [0.717, 1.165) is 11.9 Å². The third kappa shape index (κ3) is 2.75. The van der Waals surface area contributed by atoms with E-state index >= 15 is 0 Å². The van der Waals surface area contributed by atoms with Crippen LogP contribution in [-0.4, -0.2) is 6.54 Å². The number of hydrogen-bond donors (Lipinski definition) is 0. The van der Waals surface area contributed by atoms with E-state index in [2.05, 4.69) is 83.2 Å². The Morgan fingerprint density at radius 1 is 1.00 bits per heavy atom. The van der Waals surface area contributed by atoms with Gasteiger partial charge >= 0.3 is 0 Å². The van der Waals surface area contributed by atoms with Crippen LogP contribution in [0.5, 0.6) is 0 Å². The van der Waals surface area contributed by atoms with Gasteiger partial charge in [-0.1, -0.05) is 40.2 Å². The molecule has 18 heavy (non-hydrogen) atoms. The van der Waals surface area contributed by atoms with Gasteiger partial charge in [0, 0.05) is 23.2 Å². The van der Waals surface area contributed by atoms with Gasteiger partial charge in [-0.05, 0) is 49.2 Å². The fourth-order valence-electron chi connectivity index (χ4n) is 2.12. The zero-order valence-electron chi connectivity index (χ0n) is 10.9. The van der Waals surface area contributed by atoms with Crippen molar-refractivity contribution in [2.75, 3.05) is 11.4 Å². The Labute approximate surface area is 118 Å². The second kappa shape index (κ2) is 6.05. The van der Waals surface area contributed by atoms with Gasteiger partial charge in [0.05, 0.1) is 0 Å². The summed E-state index contributed by atoms with van der Waals surface area (Å²) in [6, 6.07) is 17.2. The summed E-state index contributed by atoms with van der Waals surface area (Å²) < 4.78 is 0. The maximum Gasteiger partial charge on any atom is 0.0413 e. The Morgan fingerprint density at radius 3 is 2.28 bits per heavy atom. The van der Waals surface area contributed by atoms with Crippen molar-refractivity contribution < 1.29 is 0 Å². The first-order valence-corrected chi connectivity index (χ1v) is 7.36. The summed E-state index contributed by atoms with van der Waals surface area (Å²) in [5, 5.41) is 0.913. The van der Waals surface area contributed by atoms with Crippen LogP contribution in [0.2, 0.25) is 0 Å². The third-order valence-electron chi connectivity index (χ3n) is 3.17. The lowest BCUT2D eigenvalue weighted by atomic mass is 10.1. The maximum atomic E-state index is 3.52. The van der Waals surface area contributed by atoms with Crippen LogP contribution in [0.25, 0.3) is 0 Å². The Hall–Kier alpha value is -1.28. The van der Waals surface area contributed by atoms with Gasteiger partial charge in [-0.25, -0.2) is 0 Å². The summed E-state index contributed by atoms with van der Waals surface area (Å²) in [5.41, 5.74) is 5.18. The number of benzene rings is 2. The van der Waals surface area contributed by atoms with Crippen LogP contribution in [-0.2, 0) is 5.33 Å². The summed E-state index contributed by atoms with van der Waals surface area (Å²) >= 11 is 3.52. The zero-order valence-corrected chi connectivity index (χ0v) is 12.4. The summed E-state index contributed by atoms with van der Waals surface area (Å²) in [6.45, 7) is 5.32. The molecule has 2 aromatic carbocycles. The Balaban J connectivity index is 2.37. The van der Waals surface area contributed by atoms with Crippen molar-refractivity contribution in [3.63, 3.8) is 0 Å². The molecule has 0 N–H and O–H groups in total. The number of hydrogen-bond acceptors (Lipinski definition) is 1. The van der Waals surface area contributed by atoms with E-state index in [9.17, 15) is 0 Å². The summed E-state index contributed by atoms with van der Waals surface area (Å²) in [5.74, 6) is 0. The number of para-hydroxylation sites is 1. The molecule has 0 radical (unpaired) electrons. The van der Waals surface area contributed by atoms with Crippen molar-refractivity contribution in [1.29, 1.82) is 0 Å². The highest BCUT2D eigenvalue weighted by atomic mass is 79.9. The highest BCUT2D eigenvalue weighted by molar-refractivity contribution is 9.08. The minimum atomic E-state index is 0.913. The van der Waals surface area contributed by atoms with E-state index < -0.39 is 0 Å². The molecule has 1 nitrogen and oxygen atoms in total. The van der Waals surface area contributed by atoms with Gasteiger partial charge in [-0.2, -0.15) is 0 Å². The normalized spacial score (nSPS) is 10.4. The van der Waals surface area contributed by atoms with Gasteiger partial charge in [0.1, 0.15) is 0 Å². The molecule has 0 bridgehead atoms. The van der Waals surface area contributed by atoms with E-state index in [1.165, 1.54) is 22.5 Å². The summed E-state index contributed by atoms with van der Waals surface area (Å²) in [6.07, 6.45) is 0. The zero-order chi connectivity index (χ0) is 13.0. The molecule has 0 heterocycles. The van der Waals surface area contributed by atoms with Crippen molar-refractivity contribution in [1.82, 2.24) is 0 Å². The van der Waals surface area contributed by atoms with E-state index in [1.54, 1.807) is 0 Å². The monoisotopic (exact) mass is 303 g/mol. The quantitative estimate of drug-likeness (QED) is 0.715. The van der Waals surface area contributed by atoms with Crippen LogP contribution in [0.3, 0.4) is 0 Å². The number of halogens is 1. The van der Waals surface area contributed by atoms with Gasteiger partial charge < -0.3 is 4.90 Å². The predicted molar refractivity (Wildman–Crippen MR) is 82.9 cm³/mol. The molecule has 0 unspecified atom stereocenters. The molecule has 0 atom stereocenters. The molecule has 2 aromatic rings. The number of alkyl halides is 1. The summed E-state index contributed by atoms with van der Waals surface area (Å²) in [4.78, 5) is 2.32. The Kier molecular flexibility index (Phi) is 4.43. The van der Waals surface area contributed by atoms with Gasteiger partial charge in [-0.3, -0.25) is 0 Å². The van der Waals surface area contributed by atoms with Crippen LogP contribution in [0.15, 0.2) is 48.5 Å². The first-order valence-electron chi connectivity index (χ1n) is 6.24. The molecule has 0 saturated heterocycles. The number of anilines is 2. The van der Waals surface area contributed by atoms with Gasteiger partial charge in [0.25, 0.3) is 0 Å². The fourth-order valence-corrected chi connectivity index (χ4v) is 2.75. The lowest BCUT2D eigenvalue weighted by molar-refractivity contribution is 1.02. The van der Waals surface area contributed by atoms with Gasteiger partial charge in [-0.15, -0.1) is 0 Å². The highest BCUT2D eigenvalue weighted by Gasteiger charge is 2.07. The van der Waals surface area contributed by atoms with Crippen molar-refractivity contribution >= 4 is 27.3 Å². The van der Waals surface area contributed by atoms with Crippen LogP contribution in [0, 0.1) is 6.92 Å². The van der Waals surface area contributed by atoms with Crippen LogP contribution in [0.1, 0.15) is 18.1 Å². The van der Waals surface area contributed by atoms with Crippen molar-refractivity contribution in [3.8, 4) is 0 Å². The molecular formula is C16H18BrN. The molecule has 94 valence electrons. The minimum Gasteiger partial charge on any atom is -0.342 e. The number of rotatable bonds is 4. The lowest BCUT2D eigenvalue weighted by Crippen LogP contribution is -2.16. The largest absolute Gasteiger partial charge is 0.342 e. The van der Waals surface area contributed by atoms with E-state index in [0.29, 0.717) is 0 Å². The molecule has 0 aliphatic rings. The third-order valence-corrected chi connectivity index (χ3v) is 3.77. The molecule has 0 amide bonds. The van der Waals surface area contributed by atoms with Gasteiger partial charge in [0.2, 0.25) is 0 Å². The number of nitrogens with zero attached hydrogens (tertiary/aromatic N) is 1. The maximum absolute atomic E-state index is 3.52. The van der Waals surface area contributed by atoms with Crippen LogP contribution < -0.4 is 4.90 Å². The minimum absolute atomic E-state index is 0.913. The summed E-state index contributed by atoms with van der Waals surface area (Å²) in [7, 11) is 0. The number of aryl methyl sites for hydroxylation is 1. The van der Waals surface area contributed by atoms with Gasteiger partial charge in [0.15, 0.2) is 0 Å². The first-order chi connectivity index (χ1) is 8.76. The fraction of sp³-hybridized carbons (Fsp3) is 0.250. The predicted octanol–water partition coefficient (Wildman–Crippen LogP) is 5.05. The molecule has 0 saturated carbocycles. The van der Waals surface area contributed by atoms with Crippen molar-refractivity contribution in [2.24, 2.45) is 0 Å². The van der Waals surface area contributed by atoms with Crippen LogP contribution in [0.4, 0.5) is 11.4 Å². The topological polar surface area (TPSA) is 3.24 Å². The molecule has 2 heteroatoms. The molecule has 2 rings (SSSR count). The van der Waals surface area contributed by atoms with Crippen LogP contribution >= 0.6 is 15.9 Å². The smallest absolute Gasteiger partial charge is 0.0413 e.